The lowest BCUT2D eigenvalue weighted by Gasteiger charge is -2.20. The monoisotopic (exact) mass is 283 g/mol. The molecule has 0 aromatic carbocycles. The van der Waals surface area contributed by atoms with Gasteiger partial charge < -0.3 is 10.4 Å². The first-order valence-electron chi connectivity index (χ1n) is 7.88. The summed E-state index contributed by atoms with van der Waals surface area (Å²) in [5.74, 6) is -0.744. The van der Waals surface area contributed by atoms with Crippen LogP contribution in [-0.2, 0) is 9.59 Å². The van der Waals surface area contributed by atoms with E-state index in [9.17, 15) is 14.7 Å². The molecule has 4 atom stereocenters. The highest BCUT2D eigenvalue weighted by Crippen LogP contribution is 2.38. The number of carbonyl (C=O) groups excluding carboxylic acids is 1. The third-order valence-corrected chi connectivity index (χ3v) is 4.46. The van der Waals surface area contributed by atoms with E-state index in [1.165, 1.54) is 0 Å². The molecule has 4 unspecified atom stereocenters. The summed E-state index contributed by atoms with van der Waals surface area (Å²) in [6.07, 6.45) is 4.34. The normalized spacial score (nSPS) is 27.6. The van der Waals surface area contributed by atoms with Crippen molar-refractivity contribution in [3.05, 3.63) is 0 Å². The molecule has 4 heteroatoms. The number of carbonyl (C=O) groups is 2. The number of carboxylic acid groups (broad SMARTS) is 1. The number of rotatable bonds is 7. The molecule has 4 nitrogen and oxygen atoms in total. The minimum Gasteiger partial charge on any atom is -0.481 e. The predicted octanol–water partition coefficient (Wildman–Crippen LogP) is 3.06. The van der Waals surface area contributed by atoms with Gasteiger partial charge in [-0.2, -0.15) is 0 Å². The van der Waals surface area contributed by atoms with Gasteiger partial charge in [-0.15, -0.1) is 0 Å². The Kier molecular flexibility index (Phi) is 6.50. The Labute approximate surface area is 122 Å². The van der Waals surface area contributed by atoms with E-state index >= 15 is 0 Å². The van der Waals surface area contributed by atoms with Gasteiger partial charge in [-0.25, -0.2) is 0 Å². The van der Waals surface area contributed by atoms with Gasteiger partial charge in [0.25, 0.3) is 0 Å². The Morgan fingerprint density at radius 1 is 1.15 bits per heavy atom. The minimum atomic E-state index is -0.823. The number of amides is 1. The van der Waals surface area contributed by atoms with Crippen molar-refractivity contribution >= 4 is 11.9 Å². The Balaban J connectivity index is 2.54. The van der Waals surface area contributed by atoms with Gasteiger partial charge in [-0.05, 0) is 44.4 Å². The fourth-order valence-corrected chi connectivity index (χ4v) is 3.04. The van der Waals surface area contributed by atoms with E-state index in [0.29, 0.717) is 18.3 Å². The molecule has 1 fully saturated rings. The first-order chi connectivity index (χ1) is 9.35. The standard InChI is InChI=1S/C16H29NO3/c1-5-12-8-13(14(9-12)16(19)20)15(18)17-11(4)7-6-10(2)3/h10-14H,5-9H2,1-4H3,(H,17,18)(H,19,20). The fourth-order valence-electron chi connectivity index (χ4n) is 3.04. The highest BCUT2D eigenvalue weighted by Gasteiger charge is 2.42. The number of nitrogens with one attached hydrogen (secondary N) is 1. The molecule has 116 valence electrons. The maximum Gasteiger partial charge on any atom is 0.307 e. The number of hydrogen-bond donors (Lipinski definition) is 2. The zero-order valence-electron chi connectivity index (χ0n) is 13.2. The highest BCUT2D eigenvalue weighted by molar-refractivity contribution is 5.85. The van der Waals surface area contributed by atoms with Crippen molar-refractivity contribution in [3.63, 3.8) is 0 Å². The first kappa shape index (κ1) is 17.0. The molecule has 0 aromatic rings. The van der Waals surface area contributed by atoms with Gasteiger partial charge in [0, 0.05) is 6.04 Å². The Morgan fingerprint density at radius 3 is 2.25 bits per heavy atom. The molecule has 1 aliphatic carbocycles. The van der Waals surface area contributed by atoms with Crippen molar-refractivity contribution in [1.82, 2.24) is 5.32 Å². The summed E-state index contributed by atoms with van der Waals surface area (Å²) in [4.78, 5) is 23.6. The third-order valence-electron chi connectivity index (χ3n) is 4.46. The Bertz CT molecular complexity index is 341. The maximum absolute atomic E-state index is 12.3. The smallest absolute Gasteiger partial charge is 0.307 e. The zero-order valence-corrected chi connectivity index (χ0v) is 13.2. The van der Waals surface area contributed by atoms with E-state index in [0.717, 1.165) is 25.7 Å². The van der Waals surface area contributed by atoms with Gasteiger partial charge in [-0.1, -0.05) is 27.2 Å². The van der Waals surface area contributed by atoms with Crippen molar-refractivity contribution < 1.29 is 14.7 Å². The second-order valence-corrected chi connectivity index (χ2v) is 6.68. The summed E-state index contributed by atoms with van der Waals surface area (Å²) in [7, 11) is 0. The molecular weight excluding hydrogens is 254 g/mol. The summed E-state index contributed by atoms with van der Waals surface area (Å²) < 4.78 is 0. The second-order valence-electron chi connectivity index (χ2n) is 6.68. The molecular formula is C16H29NO3. The quantitative estimate of drug-likeness (QED) is 0.754. The largest absolute Gasteiger partial charge is 0.481 e. The lowest BCUT2D eigenvalue weighted by molar-refractivity contribution is -0.146. The van der Waals surface area contributed by atoms with E-state index in [2.05, 4.69) is 26.1 Å². The average molecular weight is 283 g/mol. The van der Waals surface area contributed by atoms with Crippen molar-refractivity contribution in [2.75, 3.05) is 0 Å². The van der Waals surface area contributed by atoms with Gasteiger partial charge in [0.05, 0.1) is 11.8 Å². The van der Waals surface area contributed by atoms with Gasteiger partial charge in [0.15, 0.2) is 0 Å². The van der Waals surface area contributed by atoms with Crippen LogP contribution in [0.1, 0.15) is 59.8 Å². The van der Waals surface area contributed by atoms with Crippen LogP contribution in [-0.4, -0.2) is 23.0 Å². The van der Waals surface area contributed by atoms with Gasteiger partial charge in [-0.3, -0.25) is 9.59 Å². The molecule has 0 saturated heterocycles. The number of hydrogen-bond acceptors (Lipinski definition) is 2. The number of aliphatic carboxylic acids is 1. The molecule has 0 spiro atoms. The van der Waals surface area contributed by atoms with Crippen molar-refractivity contribution in [3.8, 4) is 0 Å². The van der Waals surface area contributed by atoms with Crippen LogP contribution in [0.15, 0.2) is 0 Å². The maximum atomic E-state index is 12.3. The second kappa shape index (κ2) is 7.65. The molecule has 0 aromatic heterocycles. The average Bonchev–Trinajstić information content (AvgIpc) is 2.80. The summed E-state index contributed by atoms with van der Waals surface area (Å²) >= 11 is 0. The van der Waals surface area contributed by atoms with Crippen molar-refractivity contribution in [1.29, 1.82) is 0 Å². The van der Waals surface area contributed by atoms with Crippen molar-refractivity contribution in [2.24, 2.45) is 23.7 Å². The highest BCUT2D eigenvalue weighted by atomic mass is 16.4. The van der Waals surface area contributed by atoms with Gasteiger partial charge >= 0.3 is 5.97 Å². The van der Waals surface area contributed by atoms with Crippen LogP contribution in [0.25, 0.3) is 0 Å². The van der Waals surface area contributed by atoms with Crippen LogP contribution in [0, 0.1) is 23.7 Å². The lowest BCUT2D eigenvalue weighted by Crippen LogP contribution is -2.40. The van der Waals surface area contributed by atoms with Gasteiger partial charge in [0.1, 0.15) is 0 Å². The molecule has 2 N–H and O–H groups in total. The van der Waals surface area contributed by atoms with Crippen LogP contribution >= 0.6 is 0 Å². The fraction of sp³-hybridized carbons (Fsp3) is 0.875. The first-order valence-corrected chi connectivity index (χ1v) is 7.88. The lowest BCUT2D eigenvalue weighted by atomic mass is 9.94. The molecule has 0 bridgehead atoms. The van der Waals surface area contributed by atoms with E-state index in [-0.39, 0.29) is 17.9 Å². The predicted molar refractivity (Wildman–Crippen MR) is 79.3 cm³/mol. The van der Waals surface area contributed by atoms with E-state index < -0.39 is 11.9 Å². The summed E-state index contributed by atoms with van der Waals surface area (Å²) in [5.41, 5.74) is 0. The van der Waals surface area contributed by atoms with Gasteiger partial charge in [0.2, 0.25) is 5.91 Å². The van der Waals surface area contributed by atoms with Crippen LogP contribution in [0.5, 0.6) is 0 Å². The molecule has 1 aliphatic rings. The van der Waals surface area contributed by atoms with Crippen LogP contribution in [0.4, 0.5) is 0 Å². The van der Waals surface area contributed by atoms with Crippen LogP contribution in [0.3, 0.4) is 0 Å². The third kappa shape index (κ3) is 4.80. The summed E-state index contributed by atoms with van der Waals surface area (Å²) in [5, 5.41) is 12.3. The topological polar surface area (TPSA) is 66.4 Å². The van der Waals surface area contributed by atoms with Crippen molar-refractivity contribution in [2.45, 2.75) is 65.8 Å². The molecule has 20 heavy (non-hydrogen) atoms. The molecule has 0 heterocycles. The minimum absolute atomic E-state index is 0.0652. The Morgan fingerprint density at radius 2 is 1.75 bits per heavy atom. The van der Waals surface area contributed by atoms with E-state index in [4.69, 9.17) is 0 Å². The molecule has 0 radical (unpaired) electrons. The molecule has 1 saturated carbocycles. The molecule has 1 amide bonds. The molecule has 0 aliphatic heterocycles. The Hall–Kier alpha value is -1.06. The molecule has 1 rings (SSSR count). The van der Waals surface area contributed by atoms with Crippen LogP contribution in [0.2, 0.25) is 0 Å². The SMILES string of the molecule is CCC1CC(C(=O)O)C(C(=O)NC(C)CCC(C)C)C1. The van der Waals surface area contributed by atoms with Crippen LogP contribution < -0.4 is 5.32 Å². The van der Waals surface area contributed by atoms with E-state index in [1.807, 2.05) is 6.92 Å². The summed E-state index contributed by atoms with van der Waals surface area (Å²) in [6, 6.07) is 0.125. The summed E-state index contributed by atoms with van der Waals surface area (Å²) in [6.45, 7) is 8.40. The van der Waals surface area contributed by atoms with E-state index in [1.54, 1.807) is 0 Å². The number of carboxylic acids is 1. The zero-order chi connectivity index (χ0) is 15.3.